The van der Waals surface area contributed by atoms with E-state index in [1.54, 1.807) is 4.68 Å². The van der Waals surface area contributed by atoms with Crippen LogP contribution in [0.2, 0.25) is 0 Å². The quantitative estimate of drug-likeness (QED) is 0.924. The third-order valence-corrected chi connectivity index (χ3v) is 3.67. The Balaban J connectivity index is 2.06. The smallest absolute Gasteiger partial charge is 0.137 e. The lowest BCUT2D eigenvalue weighted by Gasteiger charge is -2.32. The van der Waals surface area contributed by atoms with Gasteiger partial charge in [0.15, 0.2) is 0 Å². The molecule has 3 rings (SSSR count). The maximum absolute atomic E-state index is 14.2. The molecule has 0 spiro atoms. The van der Waals surface area contributed by atoms with Crippen LogP contribution < -0.4 is 5.32 Å². The molecule has 2 aromatic rings. The first-order valence-corrected chi connectivity index (χ1v) is 6.27. The van der Waals surface area contributed by atoms with E-state index in [-0.39, 0.29) is 6.04 Å². The molecule has 0 amide bonds. The Labute approximate surface area is 114 Å². The predicted molar refractivity (Wildman–Crippen MR) is 66.6 cm³/mol. The molecule has 0 bridgehead atoms. The van der Waals surface area contributed by atoms with Gasteiger partial charge in [-0.3, -0.25) is 5.32 Å². The summed E-state index contributed by atoms with van der Waals surface area (Å²) in [7, 11) is 0. The Morgan fingerprint density at radius 2 is 2.35 bits per heavy atom. The Kier molecular flexibility index (Phi) is 3.23. The van der Waals surface area contributed by atoms with E-state index >= 15 is 0 Å². The summed E-state index contributed by atoms with van der Waals surface area (Å²) in [4.78, 5) is 3.87. The molecule has 1 fully saturated rings. The zero-order chi connectivity index (χ0) is 14.2. The van der Waals surface area contributed by atoms with Crippen LogP contribution in [0.5, 0.6) is 0 Å². The van der Waals surface area contributed by atoms with Crippen LogP contribution in [0.25, 0.3) is 0 Å². The van der Waals surface area contributed by atoms with Gasteiger partial charge in [0.1, 0.15) is 29.9 Å². The first-order valence-electron chi connectivity index (χ1n) is 6.27. The third kappa shape index (κ3) is 2.08. The van der Waals surface area contributed by atoms with Crippen LogP contribution in [0.3, 0.4) is 0 Å². The van der Waals surface area contributed by atoms with Gasteiger partial charge in [-0.15, -0.1) is 0 Å². The molecule has 0 radical (unpaired) electrons. The minimum Gasteiger partial charge on any atom is -0.351 e. The number of rotatable bonds is 3. The summed E-state index contributed by atoms with van der Waals surface area (Å²) in [5, 5.41) is 7.15. The lowest BCUT2D eigenvalue weighted by molar-refractivity contribution is -0.0267. The minimum atomic E-state index is -0.939. The van der Waals surface area contributed by atoms with Crippen LogP contribution in [0, 0.1) is 11.6 Å². The van der Waals surface area contributed by atoms with Crippen molar-refractivity contribution in [1.29, 1.82) is 0 Å². The fourth-order valence-corrected chi connectivity index (χ4v) is 2.55. The molecule has 1 aliphatic heterocycles. The fraction of sp³-hybridized carbons (Fsp3) is 0.385. The van der Waals surface area contributed by atoms with Crippen molar-refractivity contribution in [2.75, 3.05) is 6.73 Å². The van der Waals surface area contributed by atoms with E-state index in [0.717, 1.165) is 6.07 Å². The molecule has 0 saturated carbocycles. The number of ether oxygens (including phenoxy) is 1. The molecule has 20 heavy (non-hydrogen) atoms. The Bertz CT molecular complexity index is 604. The normalized spacial score (nSPS) is 26.1. The summed E-state index contributed by atoms with van der Waals surface area (Å²) in [6, 6.07) is 3.38. The van der Waals surface area contributed by atoms with E-state index in [0.29, 0.717) is 18.8 Å². The van der Waals surface area contributed by atoms with Crippen LogP contribution >= 0.6 is 0 Å². The summed E-state index contributed by atoms with van der Waals surface area (Å²) in [5.74, 6) is -1.23. The van der Waals surface area contributed by atoms with Crippen LogP contribution in [0.4, 0.5) is 8.78 Å². The number of halogens is 2. The SMILES string of the molecule is CC1NCO[C@@]1(Cn1cncn1)c1ccc(F)cc1F. The first kappa shape index (κ1) is 13.1. The topological polar surface area (TPSA) is 52.0 Å². The van der Waals surface area contributed by atoms with Gasteiger partial charge in [-0.25, -0.2) is 18.4 Å². The molecule has 7 heteroatoms. The molecule has 1 unspecified atom stereocenters. The molecule has 2 atom stereocenters. The highest BCUT2D eigenvalue weighted by Crippen LogP contribution is 2.36. The van der Waals surface area contributed by atoms with Gasteiger partial charge in [0.25, 0.3) is 0 Å². The van der Waals surface area contributed by atoms with Crippen LogP contribution in [-0.2, 0) is 16.9 Å². The van der Waals surface area contributed by atoms with E-state index in [1.807, 2.05) is 6.92 Å². The summed E-state index contributed by atoms with van der Waals surface area (Å²) < 4.78 is 34.6. The van der Waals surface area contributed by atoms with Crippen molar-refractivity contribution < 1.29 is 13.5 Å². The summed E-state index contributed by atoms with van der Waals surface area (Å²) in [6.45, 7) is 2.49. The summed E-state index contributed by atoms with van der Waals surface area (Å²) in [6.07, 6.45) is 2.94. The summed E-state index contributed by atoms with van der Waals surface area (Å²) >= 11 is 0. The zero-order valence-electron chi connectivity index (χ0n) is 10.9. The van der Waals surface area contributed by atoms with E-state index in [4.69, 9.17) is 4.74 Å². The molecule has 1 aromatic carbocycles. The zero-order valence-corrected chi connectivity index (χ0v) is 10.9. The first-order chi connectivity index (χ1) is 9.62. The largest absolute Gasteiger partial charge is 0.351 e. The lowest BCUT2D eigenvalue weighted by Crippen LogP contribution is -2.43. The molecule has 106 valence electrons. The van der Waals surface area contributed by atoms with Crippen molar-refractivity contribution >= 4 is 0 Å². The second kappa shape index (κ2) is 4.92. The second-order valence-electron chi connectivity index (χ2n) is 4.82. The van der Waals surface area contributed by atoms with Gasteiger partial charge in [-0.2, -0.15) is 5.10 Å². The summed E-state index contributed by atoms with van der Waals surface area (Å²) in [5.41, 5.74) is -0.627. The van der Waals surface area contributed by atoms with Gasteiger partial charge in [0.2, 0.25) is 0 Å². The van der Waals surface area contributed by atoms with Crippen molar-refractivity contribution in [2.24, 2.45) is 0 Å². The number of nitrogens with zero attached hydrogens (tertiary/aromatic N) is 3. The number of hydrogen-bond acceptors (Lipinski definition) is 4. The molecule has 0 aliphatic carbocycles. The van der Waals surface area contributed by atoms with Gasteiger partial charge >= 0.3 is 0 Å². The Morgan fingerprint density at radius 1 is 1.50 bits per heavy atom. The molecule has 2 heterocycles. The monoisotopic (exact) mass is 280 g/mol. The number of aromatic nitrogens is 3. The van der Waals surface area contributed by atoms with E-state index in [9.17, 15) is 8.78 Å². The van der Waals surface area contributed by atoms with Crippen LogP contribution in [0.1, 0.15) is 12.5 Å². The van der Waals surface area contributed by atoms with Crippen molar-refractivity contribution in [1.82, 2.24) is 20.1 Å². The molecular formula is C13H14F2N4O. The van der Waals surface area contributed by atoms with Crippen molar-refractivity contribution in [3.63, 3.8) is 0 Å². The maximum Gasteiger partial charge on any atom is 0.137 e. The van der Waals surface area contributed by atoms with Crippen LogP contribution in [0.15, 0.2) is 30.9 Å². The van der Waals surface area contributed by atoms with Gasteiger partial charge in [0, 0.05) is 17.7 Å². The second-order valence-corrected chi connectivity index (χ2v) is 4.82. The van der Waals surface area contributed by atoms with Crippen molar-refractivity contribution in [3.8, 4) is 0 Å². The standard InChI is InChI=1S/C13H14F2N4O/c1-9-13(20-8-17-9,5-19-7-16-6-18-19)11-3-2-10(14)4-12(11)15/h2-4,6-7,9,17H,5,8H2,1H3/t9?,13-/m1/s1. The van der Waals surface area contributed by atoms with Crippen molar-refractivity contribution in [2.45, 2.75) is 25.1 Å². The third-order valence-electron chi connectivity index (χ3n) is 3.67. The average molecular weight is 280 g/mol. The van der Waals surface area contributed by atoms with Gasteiger partial charge < -0.3 is 4.74 Å². The Morgan fingerprint density at radius 3 is 2.95 bits per heavy atom. The number of hydrogen-bond donors (Lipinski definition) is 1. The Hall–Kier alpha value is -1.86. The molecule has 1 aliphatic rings. The van der Waals surface area contributed by atoms with E-state index < -0.39 is 17.2 Å². The number of benzene rings is 1. The van der Waals surface area contributed by atoms with Gasteiger partial charge in [-0.05, 0) is 13.0 Å². The van der Waals surface area contributed by atoms with Gasteiger partial charge in [-0.1, -0.05) is 6.07 Å². The molecular weight excluding hydrogens is 266 g/mol. The molecule has 1 saturated heterocycles. The van der Waals surface area contributed by atoms with E-state index in [2.05, 4.69) is 15.4 Å². The minimum absolute atomic E-state index is 0.147. The lowest BCUT2D eigenvalue weighted by atomic mass is 9.87. The highest BCUT2D eigenvalue weighted by molar-refractivity contribution is 5.28. The van der Waals surface area contributed by atoms with E-state index in [1.165, 1.54) is 24.8 Å². The van der Waals surface area contributed by atoms with Gasteiger partial charge in [0.05, 0.1) is 13.3 Å². The molecule has 1 aromatic heterocycles. The predicted octanol–water partition coefficient (Wildman–Crippen LogP) is 1.42. The van der Waals surface area contributed by atoms with Crippen LogP contribution in [-0.4, -0.2) is 27.5 Å². The highest BCUT2D eigenvalue weighted by Gasteiger charge is 2.45. The van der Waals surface area contributed by atoms with Crippen molar-refractivity contribution in [3.05, 3.63) is 48.1 Å². The molecule has 1 N–H and O–H groups in total. The highest BCUT2D eigenvalue weighted by atomic mass is 19.1. The fourth-order valence-electron chi connectivity index (χ4n) is 2.55. The average Bonchev–Trinajstić information content (AvgIpc) is 3.01. The molecule has 5 nitrogen and oxygen atoms in total. The number of nitrogens with one attached hydrogen (secondary N) is 1. The maximum atomic E-state index is 14.2.